The molecule has 0 fully saturated rings. The number of rotatable bonds is 2. The predicted octanol–water partition coefficient (Wildman–Crippen LogP) is 3.64. The van der Waals surface area contributed by atoms with Crippen LogP contribution in [0.2, 0.25) is 0 Å². The number of hydrogen-bond donors (Lipinski definition) is 1. The Hall–Kier alpha value is -1.30. The maximum absolute atomic E-state index is 12.3. The van der Waals surface area contributed by atoms with Crippen LogP contribution in [0.5, 0.6) is 0 Å². The van der Waals surface area contributed by atoms with Gasteiger partial charge in [0, 0.05) is 24.0 Å². The van der Waals surface area contributed by atoms with Crippen LogP contribution in [-0.2, 0) is 12.5 Å². The molecule has 4 heteroatoms. The van der Waals surface area contributed by atoms with Gasteiger partial charge in [0.2, 0.25) is 0 Å². The zero-order valence-corrected chi connectivity index (χ0v) is 13.8. The highest BCUT2D eigenvalue weighted by Gasteiger charge is 2.30. The first-order chi connectivity index (χ1) is 9.57. The Morgan fingerprint density at radius 1 is 1.45 bits per heavy atom. The summed E-state index contributed by atoms with van der Waals surface area (Å²) in [4.78, 5) is 15.5. The van der Waals surface area contributed by atoms with Gasteiger partial charge in [-0.3, -0.25) is 4.79 Å². The van der Waals surface area contributed by atoms with Gasteiger partial charge in [-0.15, -0.1) is 0 Å². The highest BCUT2D eigenvalue weighted by atomic mass is 127. The highest BCUT2D eigenvalue weighted by Crippen LogP contribution is 2.39. The molecule has 20 heavy (non-hydrogen) atoms. The quantitative estimate of drug-likeness (QED) is 0.794. The van der Waals surface area contributed by atoms with E-state index in [1.54, 1.807) is 4.57 Å². The van der Waals surface area contributed by atoms with Crippen LogP contribution in [0.1, 0.15) is 25.3 Å². The van der Waals surface area contributed by atoms with Crippen LogP contribution in [0.15, 0.2) is 41.4 Å². The van der Waals surface area contributed by atoms with Crippen LogP contribution in [-0.4, -0.2) is 9.55 Å². The summed E-state index contributed by atoms with van der Waals surface area (Å²) in [6.07, 6.45) is 12.7. The number of allylic oxidation sites excluding steroid dienone is 4. The van der Waals surface area contributed by atoms with E-state index in [4.69, 9.17) is 0 Å². The fourth-order valence-corrected chi connectivity index (χ4v) is 3.60. The number of hydrogen-bond acceptors (Lipinski definition) is 1. The summed E-state index contributed by atoms with van der Waals surface area (Å²) >= 11 is 2.23. The third-order valence-corrected chi connectivity index (χ3v) is 4.82. The minimum Gasteiger partial charge on any atom is -0.345 e. The van der Waals surface area contributed by atoms with Gasteiger partial charge in [0.25, 0.3) is 5.56 Å². The fourth-order valence-electron chi connectivity index (χ4n) is 3.01. The van der Waals surface area contributed by atoms with Gasteiger partial charge in [0.05, 0.1) is 3.70 Å². The molecule has 0 amide bonds. The number of aromatic amines is 1. The summed E-state index contributed by atoms with van der Waals surface area (Å²) < 4.78 is 2.69. The molecular weight excluding hydrogens is 363 g/mol. The molecule has 1 aliphatic carbocycles. The summed E-state index contributed by atoms with van der Waals surface area (Å²) in [7, 11) is 1.82. The van der Waals surface area contributed by atoms with Gasteiger partial charge in [-0.2, -0.15) is 0 Å². The molecule has 3 rings (SSSR count). The zero-order valence-electron chi connectivity index (χ0n) is 11.6. The van der Waals surface area contributed by atoms with Crippen LogP contribution in [0, 0.1) is 3.70 Å². The molecule has 3 nitrogen and oxygen atoms in total. The lowest BCUT2D eigenvalue weighted by molar-refractivity contribution is 0.517. The van der Waals surface area contributed by atoms with E-state index in [9.17, 15) is 4.79 Å². The van der Waals surface area contributed by atoms with Crippen molar-refractivity contribution in [2.24, 2.45) is 7.05 Å². The molecule has 2 aromatic heterocycles. The molecule has 0 bridgehead atoms. The molecular formula is C16H17IN2O. The van der Waals surface area contributed by atoms with Crippen LogP contribution < -0.4 is 5.56 Å². The Balaban J connectivity index is 2.36. The van der Waals surface area contributed by atoms with Gasteiger partial charge in [0.15, 0.2) is 0 Å². The number of aryl methyl sites for hydroxylation is 1. The minimum absolute atomic E-state index is 0.0102. The van der Waals surface area contributed by atoms with Crippen molar-refractivity contribution in [2.45, 2.75) is 25.2 Å². The van der Waals surface area contributed by atoms with Crippen LogP contribution in [0.25, 0.3) is 10.9 Å². The maximum atomic E-state index is 12.3. The summed E-state index contributed by atoms with van der Waals surface area (Å²) in [5, 5.41) is 1.05. The monoisotopic (exact) mass is 380 g/mol. The van der Waals surface area contributed by atoms with Gasteiger partial charge in [-0.05, 0) is 47.1 Å². The van der Waals surface area contributed by atoms with E-state index in [-0.39, 0.29) is 11.0 Å². The molecule has 0 aromatic carbocycles. The second kappa shape index (κ2) is 4.91. The second-order valence-corrected chi connectivity index (χ2v) is 6.53. The number of nitrogens with one attached hydrogen (secondary N) is 1. The lowest BCUT2D eigenvalue weighted by Gasteiger charge is -2.31. The predicted molar refractivity (Wildman–Crippen MR) is 91.1 cm³/mol. The van der Waals surface area contributed by atoms with Crippen molar-refractivity contribution in [3.63, 3.8) is 0 Å². The first-order valence-corrected chi connectivity index (χ1v) is 7.88. The van der Waals surface area contributed by atoms with Gasteiger partial charge in [-0.1, -0.05) is 31.2 Å². The fraction of sp³-hybridized carbons (Fsp3) is 0.312. The lowest BCUT2D eigenvalue weighted by atomic mass is 9.73. The number of H-pyrrole nitrogens is 1. The molecule has 0 radical (unpaired) electrons. The third kappa shape index (κ3) is 1.97. The molecule has 2 aromatic rings. The van der Waals surface area contributed by atoms with Crippen molar-refractivity contribution < 1.29 is 0 Å². The molecule has 1 N–H and O–H groups in total. The average Bonchev–Trinajstić information content (AvgIpc) is 2.85. The van der Waals surface area contributed by atoms with Gasteiger partial charge >= 0.3 is 0 Å². The summed E-state index contributed by atoms with van der Waals surface area (Å²) in [5.74, 6) is 0. The molecule has 1 unspecified atom stereocenters. The van der Waals surface area contributed by atoms with Gasteiger partial charge in [-0.25, -0.2) is 0 Å². The SMILES string of the molecule is CCC1(c2cn(C)c(=O)c3[nH]c(I)cc23)C=CC=CC1. The molecule has 104 valence electrons. The number of halogens is 1. The van der Waals surface area contributed by atoms with Crippen molar-refractivity contribution in [1.29, 1.82) is 0 Å². The molecule has 2 heterocycles. The first kappa shape index (κ1) is 13.7. The van der Waals surface area contributed by atoms with E-state index in [1.807, 2.05) is 13.2 Å². The van der Waals surface area contributed by atoms with Crippen molar-refractivity contribution in [1.82, 2.24) is 9.55 Å². The van der Waals surface area contributed by atoms with Crippen molar-refractivity contribution >= 4 is 33.5 Å². The molecule has 0 spiro atoms. The minimum atomic E-state index is -0.0102. The molecule has 0 saturated carbocycles. The van der Waals surface area contributed by atoms with Crippen molar-refractivity contribution in [3.8, 4) is 0 Å². The lowest BCUT2D eigenvalue weighted by Crippen LogP contribution is -2.27. The zero-order chi connectivity index (χ0) is 14.3. The van der Waals surface area contributed by atoms with E-state index in [0.717, 1.165) is 21.9 Å². The Kier molecular flexibility index (Phi) is 3.36. The number of pyridine rings is 1. The number of nitrogens with zero attached hydrogens (tertiary/aromatic N) is 1. The van der Waals surface area contributed by atoms with E-state index < -0.39 is 0 Å². The van der Waals surface area contributed by atoms with Crippen LogP contribution >= 0.6 is 22.6 Å². The maximum Gasteiger partial charge on any atom is 0.274 e. The molecule has 1 atom stereocenters. The van der Waals surface area contributed by atoms with Crippen LogP contribution in [0.3, 0.4) is 0 Å². The Morgan fingerprint density at radius 3 is 2.90 bits per heavy atom. The normalized spacial score (nSPS) is 21.8. The Labute approximate surface area is 131 Å². The van der Waals surface area contributed by atoms with Crippen LogP contribution in [0.4, 0.5) is 0 Å². The largest absolute Gasteiger partial charge is 0.345 e. The standard InChI is InChI=1S/C16H17IN2O/c1-3-16(7-5-4-6-8-16)12-10-19(2)15(20)14-11(12)9-13(17)18-14/h4-7,9-10,18H,3,8H2,1-2H3. The Morgan fingerprint density at radius 2 is 2.25 bits per heavy atom. The summed E-state index contributed by atoms with van der Waals surface area (Å²) in [6, 6.07) is 2.08. The van der Waals surface area contributed by atoms with Crippen molar-refractivity contribution in [2.75, 3.05) is 0 Å². The van der Waals surface area contributed by atoms with E-state index in [0.29, 0.717) is 5.52 Å². The van der Waals surface area contributed by atoms with E-state index >= 15 is 0 Å². The molecule has 0 saturated heterocycles. The van der Waals surface area contributed by atoms with E-state index in [2.05, 4.69) is 64.9 Å². The van der Waals surface area contributed by atoms with E-state index in [1.165, 1.54) is 5.56 Å². The molecule has 0 aliphatic heterocycles. The molecule has 1 aliphatic rings. The Bertz CT molecular complexity index is 782. The van der Waals surface area contributed by atoms with Crippen molar-refractivity contribution in [3.05, 3.63) is 56.2 Å². The second-order valence-electron chi connectivity index (χ2n) is 5.37. The highest BCUT2D eigenvalue weighted by molar-refractivity contribution is 14.1. The number of aromatic nitrogens is 2. The summed E-state index contributed by atoms with van der Waals surface area (Å²) in [5.41, 5.74) is 1.97. The van der Waals surface area contributed by atoms with Gasteiger partial charge < -0.3 is 9.55 Å². The topological polar surface area (TPSA) is 37.8 Å². The van der Waals surface area contributed by atoms with Gasteiger partial charge in [0.1, 0.15) is 5.52 Å². The third-order valence-electron chi connectivity index (χ3n) is 4.24. The first-order valence-electron chi connectivity index (χ1n) is 6.80. The number of fused-ring (bicyclic) bond motifs is 1. The smallest absolute Gasteiger partial charge is 0.274 e. The summed E-state index contributed by atoms with van der Waals surface area (Å²) in [6.45, 7) is 2.21. The average molecular weight is 380 g/mol.